The minimum absolute atomic E-state index is 0. The molecule has 0 unspecified atom stereocenters. The van der Waals surface area contributed by atoms with E-state index in [1.54, 1.807) is 0 Å². The van der Waals surface area contributed by atoms with E-state index >= 15 is 0 Å². The molecule has 0 aliphatic heterocycles. The van der Waals surface area contributed by atoms with Crippen LogP contribution >= 0.6 is 0 Å². The molecule has 1 radical (unpaired) electrons. The van der Waals surface area contributed by atoms with Gasteiger partial charge in [0.25, 0.3) is 0 Å². The monoisotopic (exact) mass is 127 g/mol. The Morgan fingerprint density at radius 3 is 0.833 bits per heavy atom. The van der Waals surface area contributed by atoms with E-state index in [0.29, 0.717) is 0 Å². The molecule has 0 spiro atoms. The van der Waals surface area contributed by atoms with E-state index in [0.717, 1.165) is 0 Å². The molecular formula is F4NaSi. The second kappa shape index (κ2) is 3.01. The second-order valence-corrected chi connectivity index (χ2v) is 1.29. The summed E-state index contributed by atoms with van der Waals surface area (Å²) >= 11 is 0. The number of hydrogen-bond acceptors (Lipinski definition) is 0. The average molecular weight is 127 g/mol. The van der Waals surface area contributed by atoms with Crippen molar-refractivity contribution < 1.29 is 16.4 Å². The van der Waals surface area contributed by atoms with Crippen LogP contribution in [0, 0.1) is 0 Å². The number of hydrogen-bond donors (Lipinski definition) is 0. The zero-order valence-corrected chi connectivity index (χ0v) is 6.01. The number of rotatable bonds is 0. The maximum atomic E-state index is 9.83. The first-order valence-electron chi connectivity index (χ1n) is 0.756. The summed E-state index contributed by atoms with van der Waals surface area (Å²) in [7, 11) is -6.61. The topological polar surface area (TPSA) is 0 Å². The van der Waals surface area contributed by atoms with Crippen LogP contribution in [0.25, 0.3) is 0 Å². The Labute approximate surface area is 55.5 Å². The summed E-state index contributed by atoms with van der Waals surface area (Å²) in [4.78, 5) is 0. The third-order valence-corrected chi connectivity index (χ3v) is 0. The third kappa shape index (κ3) is 87.2. The summed E-state index contributed by atoms with van der Waals surface area (Å²) < 4.78 is 39.3. The molecule has 0 aliphatic carbocycles. The van der Waals surface area contributed by atoms with E-state index in [1.165, 1.54) is 0 Å². The van der Waals surface area contributed by atoms with E-state index in [1.807, 2.05) is 0 Å². The van der Waals surface area contributed by atoms with E-state index in [4.69, 9.17) is 0 Å². The maximum Gasteiger partial charge on any atom is 0.844 e. The minimum Gasteiger partial charge on any atom is -0.211 e. The molecule has 0 aliphatic rings. The van der Waals surface area contributed by atoms with Crippen LogP contribution in [0.2, 0.25) is 0 Å². The van der Waals surface area contributed by atoms with Crippen molar-refractivity contribution in [2.24, 2.45) is 0 Å². The summed E-state index contributed by atoms with van der Waals surface area (Å²) in [6.07, 6.45) is 0. The normalized spacial score (nSPS) is 10.0. The van der Waals surface area contributed by atoms with Gasteiger partial charge >= 0.3 is 9.41 Å². The van der Waals surface area contributed by atoms with Gasteiger partial charge in [-0.05, 0) is 0 Å². The van der Waals surface area contributed by atoms with Gasteiger partial charge in [-0.1, -0.05) is 0 Å². The molecule has 0 aromatic rings. The van der Waals surface area contributed by atoms with Crippen LogP contribution in [0.15, 0.2) is 0 Å². The second-order valence-electron chi connectivity index (χ2n) is 0.429. The van der Waals surface area contributed by atoms with Crippen LogP contribution in [0.3, 0.4) is 0 Å². The Kier molecular flexibility index (Phi) is 5.03. The van der Waals surface area contributed by atoms with Crippen LogP contribution in [0.5, 0.6) is 0 Å². The van der Waals surface area contributed by atoms with Gasteiger partial charge < -0.3 is 0 Å². The van der Waals surface area contributed by atoms with Crippen molar-refractivity contribution in [2.75, 3.05) is 0 Å². The third-order valence-electron chi connectivity index (χ3n) is 0. The van der Waals surface area contributed by atoms with Gasteiger partial charge in [-0.3, -0.25) is 0 Å². The first-order chi connectivity index (χ1) is 2.00. The summed E-state index contributed by atoms with van der Waals surface area (Å²) in [5.74, 6) is 0. The smallest absolute Gasteiger partial charge is 0.211 e. The zero-order valence-electron chi connectivity index (χ0n) is 3.01. The van der Waals surface area contributed by atoms with Gasteiger partial charge in [0.15, 0.2) is 0 Å². The molecule has 0 heterocycles. The molecule has 0 aromatic carbocycles. The molecule has 0 saturated carbocycles. The quantitative estimate of drug-likeness (QED) is 0.258. The predicted octanol–water partition coefficient (Wildman–Crippen LogP) is 0.919. The van der Waals surface area contributed by atoms with Gasteiger partial charge in [-0.15, -0.1) is 0 Å². The summed E-state index contributed by atoms with van der Waals surface area (Å²) in [6.45, 7) is 0. The van der Waals surface area contributed by atoms with Crippen molar-refractivity contribution in [3.8, 4) is 0 Å². The molecule has 0 atom stereocenters. The van der Waals surface area contributed by atoms with Crippen molar-refractivity contribution in [3.63, 3.8) is 0 Å². The Morgan fingerprint density at radius 1 is 0.833 bits per heavy atom. The fourth-order valence-electron chi connectivity index (χ4n) is 0. The molecule has 6 heavy (non-hydrogen) atoms. The molecule has 33 valence electrons. The van der Waals surface area contributed by atoms with E-state index in [-0.39, 0.29) is 29.6 Å². The minimum atomic E-state index is -6.61. The van der Waals surface area contributed by atoms with Crippen molar-refractivity contribution in [3.05, 3.63) is 0 Å². The fourth-order valence-corrected chi connectivity index (χ4v) is 0. The largest absolute Gasteiger partial charge is 0.844 e. The van der Waals surface area contributed by atoms with E-state index in [2.05, 4.69) is 0 Å². The first kappa shape index (κ1) is 10.0. The Balaban J connectivity index is 0. The SMILES string of the molecule is F[Si](F)(F)F.[Na]. The van der Waals surface area contributed by atoms with Crippen molar-refractivity contribution in [2.45, 2.75) is 0 Å². The molecule has 0 saturated heterocycles. The molecule has 0 rings (SSSR count). The van der Waals surface area contributed by atoms with Gasteiger partial charge in [0.1, 0.15) is 0 Å². The molecule has 0 bridgehead atoms. The fraction of sp³-hybridized carbons (Fsp3) is 0. The summed E-state index contributed by atoms with van der Waals surface area (Å²) in [5, 5.41) is 0. The van der Waals surface area contributed by atoms with Gasteiger partial charge in [0, 0.05) is 29.6 Å². The van der Waals surface area contributed by atoms with Crippen LogP contribution in [0.1, 0.15) is 0 Å². The standard InChI is InChI=1S/F4Si.Na/c1-5(2,3)4;. The van der Waals surface area contributed by atoms with Crippen molar-refractivity contribution in [1.82, 2.24) is 0 Å². The number of halogens is 4. The van der Waals surface area contributed by atoms with Crippen molar-refractivity contribution in [1.29, 1.82) is 0 Å². The van der Waals surface area contributed by atoms with Gasteiger partial charge in [-0.25, -0.2) is 16.4 Å². The Morgan fingerprint density at radius 2 is 0.833 bits per heavy atom. The molecule has 0 N–H and O–H groups in total. The van der Waals surface area contributed by atoms with Crippen LogP contribution in [-0.2, 0) is 0 Å². The average Bonchev–Trinajstić information content (AvgIpc) is 0.722. The van der Waals surface area contributed by atoms with Gasteiger partial charge in [-0.2, -0.15) is 0 Å². The van der Waals surface area contributed by atoms with Crippen LogP contribution < -0.4 is 0 Å². The maximum absolute atomic E-state index is 9.83. The molecule has 0 amide bonds. The van der Waals surface area contributed by atoms with Crippen molar-refractivity contribution >= 4 is 39.0 Å². The molecule has 0 aromatic heterocycles. The van der Waals surface area contributed by atoms with E-state index < -0.39 is 9.41 Å². The zero-order chi connectivity index (χ0) is 4.50. The Hall–Kier alpha value is 0.937. The molecule has 0 nitrogen and oxygen atoms in total. The van der Waals surface area contributed by atoms with Gasteiger partial charge in [0.2, 0.25) is 0 Å². The molecule has 0 fully saturated rings. The summed E-state index contributed by atoms with van der Waals surface area (Å²) in [6, 6.07) is 0. The van der Waals surface area contributed by atoms with Crippen LogP contribution in [0.4, 0.5) is 16.4 Å². The summed E-state index contributed by atoms with van der Waals surface area (Å²) in [5.41, 5.74) is 0. The first-order valence-corrected chi connectivity index (χ1v) is 2.27. The molecule has 6 heteroatoms. The molecular weight excluding hydrogens is 127 g/mol. The van der Waals surface area contributed by atoms with Crippen LogP contribution in [-0.4, -0.2) is 39.0 Å². The van der Waals surface area contributed by atoms with Gasteiger partial charge in [0.05, 0.1) is 0 Å². The van der Waals surface area contributed by atoms with E-state index in [9.17, 15) is 16.4 Å². The predicted molar refractivity (Wildman–Crippen MR) is 15.9 cm³/mol. The Bertz CT molecular complexity index is 23.0.